The number of aliphatic imine (C=N–C) groups is 2. The zero-order valence-electron chi connectivity index (χ0n) is 29.5. The number of aromatic nitrogens is 1. The van der Waals surface area contributed by atoms with Crippen molar-refractivity contribution in [3.8, 4) is 17.2 Å². The molecule has 0 saturated heterocycles. The van der Waals surface area contributed by atoms with E-state index in [0.29, 0.717) is 58.5 Å². The van der Waals surface area contributed by atoms with Crippen LogP contribution in [0.3, 0.4) is 0 Å². The molecule has 0 saturated carbocycles. The van der Waals surface area contributed by atoms with Crippen LogP contribution in [0.1, 0.15) is 59.9 Å². The summed E-state index contributed by atoms with van der Waals surface area (Å²) in [6, 6.07) is 29.2. The SMILES string of the molecule is COc1cc2c(cc1OCc1cccc(COc3cc4c(cc3C)C(=O)N3Cc5ccccc5C[C@H]3C=N4)n1)N=C[C@@H]1Cc3ccccc3CN1C2=O. The maximum atomic E-state index is 13.8. The molecule has 53 heavy (non-hydrogen) atoms. The molecule has 10 heteroatoms. The molecule has 0 N–H and O–H groups in total. The predicted octanol–water partition coefficient (Wildman–Crippen LogP) is 7.12. The average Bonchev–Trinajstić information content (AvgIpc) is 3.40. The van der Waals surface area contributed by atoms with Gasteiger partial charge in [0.2, 0.25) is 0 Å². The Labute approximate surface area is 307 Å². The van der Waals surface area contributed by atoms with Gasteiger partial charge in [-0.1, -0.05) is 54.6 Å². The molecule has 2 amide bonds. The Morgan fingerprint density at radius 1 is 0.623 bits per heavy atom. The lowest BCUT2D eigenvalue weighted by molar-refractivity contribution is 0.0696. The fourth-order valence-electron chi connectivity index (χ4n) is 7.65. The maximum absolute atomic E-state index is 13.8. The van der Waals surface area contributed by atoms with E-state index in [1.54, 1.807) is 19.2 Å². The van der Waals surface area contributed by atoms with E-state index in [2.05, 4.69) is 24.3 Å². The maximum Gasteiger partial charge on any atom is 0.257 e. The number of rotatable bonds is 7. The van der Waals surface area contributed by atoms with Crippen LogP contribution in [0.15, 0.2) is 101 Å². The number of hydrogen-bond acceptors (Lipinski definition) is 8. The fraction of sp³-hybridized carbons (Fsp3) is 0.233. The summed E-state index contributed by atoms with van der Waals surface area (Å²) >= 11 is 0. The van der Waals surface area contributed by atoms with Crippen molar-refractivity contribution in [1.29, 1.82) is 0 Å². The molecule has 4 aliphatic rings. The standard InChI is InChI=1S/C43H37N5O5/c1-26-14-35-37(44-20-33-15-27-8-3-5-10-29(27)22-47(33)42(35)49)18-39(26)52-24-31-12-7-13-32(46-31)25-53-41-19-38-36(17-40(41)51-2)43(50)48-23-30-11-6-4-9-28(30)16-34(48)21-45-38/h3-14,17-21,33-34H,15-16,22-25H2,1-2H3/t33-,34-/m0/s1. The zero-order chi connectivity index (χ0) is 36.1. The van der Waals surface area contributed by atoms with E-state index < -0.39 is 0 Å². The minimum absolute atomic E-state index is 0.0210. The lowest BCUT2D eigenvalue weighted by atomic mass is 9.94. The Balaban J connectivity index is 0.886. The average molecular weight is 704 g/mol. The zero-order valence-corrected chi connectivity index (χ0v) is 29.5. The Morgan fingerprint density at radius 3 is 1.70 bits per heavy atom. The number of carbonyl (C=O) groups is 2. The van der Waals surface area contributed by atoms with E-state index in [4.69, 9.17) is 29.2 Å². The summed E-state index contributed by atoms with van der Waals surface area (Å²) in [6.07, 6.45) is 5.21. The smallest absolute Gasteiger partial charge is 0.257 e. The van der Waals surface area contributed by atoms with Crippen LogP contribution >= 0.6 is 0 Å². The van der Waals surface area contributed by atoms with E-state index in [9.17, 15) is 9.59 Å². The second-order valence-corrected chi connectivity index (χ2v) is 13.9. The lowest BCUT2D eigenvalue weighted by Crippen LogP contribution is -2.44. The molecular formula is C43H37N5O5. The number of amides is 2. The van der Waals surface area contributed by atoms with Gasteiger partial charge in [-0.2, -0.15) is 0 Å². The van der Waals surface area contributed by atoms with E-state index in [1.807, 2.05) is 83.8 Å². The van der Waals surface area contributed by atoms with Crippen molar-refractivity contribution in [3.05, 3.63) is 141 Å². The van der Waals surface area contributed by atoms with Gasteiger partial charge in [0, 0.05) is 37.7 Å². The number of aryl methyl sites for hydroxylation is 1. The molecule has 0 unspecified atom stereocenters. The largest absolute Gasteiger partial charge is 0.493 e. The first-order valence-electron chi connectivity index (χ1n) is 17.8. The quantitative estimate of drug-likeness (QED) is 0.179. The minimum atomic E-state index is -0.125. The van der Waals surface area contributed by atoms with Crippen molar-refractivity contribution in [2.75, 3.05) is 7.11 Å². The third-order valence-corrected chi connectivity index (χ3v) is 10.5. The van der Waals surface area contributed by atoms with Crippen LogP contribution in [0, 0.1) is 6.92 Å². The van der Waals surface area contributed by atoms with Gasteiger partial charge in [0.05, 0.1) is 53.1 Å². The lowest BCUT2D eigenvalue weighted by Gasteiger charge is -2.34. The monoisotopic (exact) mass is 703 g/mol. The highest BCUT2D eigenvalue weighted by molar-refractivity contribution is 6.04. The molecule has 4 aliphatic heterocycles. The third kappa shape index (κ3) is 6.09. The Bertz CT molecular complexity index is 2350. The predicted molar refractivity (Wildman–Crippen MR) is 201 cm³/mol. The van der Waals surface area contributed by atoms with Crippen molar-refractivity contribution >= 4 is 35.6 Å². The van der Waals surface area contributed by atoms with Gasteiger partial charge in [0.1, 0.15) is 19.0 Å². The number of methoxy groups -OCH3 is 1. The highest BCUT2D eigenvalue weighted by atomic mass is 16.5. The first-order valence-corrected chi connectivity index (χ1v) is 17.8. The van der Waals surface area contributed by atoms with Crippen molar-refractivity contribution in [3.63, 3.8) is 0 Å². The van der Waals surface area contributed by atoms with Crippen LogP contribution in [0.5, 0.6) is 17.2 Å². The van der Waals surface area contributed by atoms with Gasteiger partial charge in [0.25, 0.3) is 11.8 Å². The van der Waals surface area contributed by atoms with Gasteiger partial charge in [-0.05, 0) is 71.8 Å². The van der Waals surface area contributed by atoms with Crippen molar-refractivity contribution in [2.24, 2.45) is 9.98 Å². The van der Waals surface area contributed by atoms with Crippen LogP contribution in [0.25, 0.3) is 0 Å². The van der Waals surface area contributed by atoms with Crippen LogP contribution in [0.2, 0.25) is 0 Å². The molecule has 0 radical (unpaired) electrons. The van der Waals surface area contributed by atoms with Crippen molar-refractivity contribution < 1.29 is 23.8 Å². The number of fused-ring (bicyclic) bond motifs is 6. The Morgan fingerprint density at radius 2 is 1.13 bits per heavy atom. The molecule has 0 bridgehead atoms. The molecule has 1 aromatic heterocycles. The summed E-state index contributed by atoms with van der Waals surface area (Å²) in [5.74, 6) is 1.46. The van der Waals surface area contributed by atoms with Gasteiger partial charge >= 0.3 is 0 Å². The highest BCUT2D eigenvalue weighted by Crippen LogP contribution is 2.39. The van der Waals surface area contributed by atoms with E-state index >= 15 is 0 Å². The van der Waals surface area contributed by atoms with Gasteiger partial charge in [-0.25, -0.2) is 0 Å². The van der Waals surface area contributed by atoms with Gasteiger partial charge in [-0.3, -0.25) is 24.6 Å². The van der Waals surface area contributed by atoms with Crippen LogP contribution in [0.4, 0.5) is 11.4 Å². The molecule has 0 spiro atoms. The highest BCUT2D eigenvalue weighted by Gasteiger charge is 2.34. The summed E-state index contributed by atoms with van der Waals surface area (Å²) in [6.45, 7) is 3.42. The van der Waals surface area contributed by atoms with Gasteiger partial charge in [-0.15, -0.1) is 0 Å². The molecular weight excluding hydrogens is 667 g/mol. The van der Waals surface area contributed by atoms with Crippen LogP contribution in [-0.4, -0.2) is 58.2 Å². The van der Waals surface area contributed by atoms with E-state index in [-0.39, 0.29) is 37.1 Å². The summed E-state index contributed by atoms with van der Waals surface area (Å²) in [5, 5.41) is 0. The second kappa shape index (κ2) is 13.4. The van der Waals surface area contributed by atoms with E-state index in [0.717, 1.165) is 29.7 Å². The number of ether oxygens (including phenoxy) is 3. The number of pyridine rings is 1. The second-order valence-electron chi connectivity index (χ2n) is 13.9. The number of benzene rings is 4. The topological polar surface area (TPSA) is 106 Å². The molecule has 0 fully saturated rings. The summed E-state index contributed by atoms with van der Waals surface area (Å²) < 4.78 is 18.2. The first-order chi connectivity index (χ1) is 25.9. The Hall–Kier alpha value is -6.29. The molecule has 10 nitrogen and oxygen atoms in total. The minimum Gasteiger partial charge on any atom is -0.493 e. The molecule has 2 atom stereocenters. The van der Waals surface area contributed by atoms with E-state index in [1.165, 1.54) is 16.7 Å². The molecule has 5 heterocycles. The first kappa shape index (κ1) is 32.6. The summed E-state index contributed by atoms with van der Waals surface area (Å²) in [5.41, 5.74) is 9.29. The molecule has 4 aromatic carbocycles. The van der Waals surface area contributed by atoms with Crippen LogP contribution < -0.4 is 14.2 Å². The third-order valence-electron chi connectivity index (χ3n) is 10.5. The number of hydrogen-bond donors (Lipinski definition) is 0. The summed E-state index contributed by atoms with van der Waals surface area (Å²) in [4.78, 5) is 45.5. The summed E-state index contributed by atoms with van der Waals surface area (Å²) in [7, 11) is 1.56. The van der Waals surface area contributed by atoms with Crippen molar-refractivity contribution in [2.45, 2.75) is 58.2 Å². The molecule has 0 aliphatic carbocycles. The van der Waals surface area contributed by atoms with Gasteiger partial charge in [0.15, 0.2) is 11.5 Å². The van der Waals surface area contributed by atoms with Crippen molar-refractivity contribution in [1.82, 2.24) is 14.8 Å². The fourth-order valence-corrected chi connectivity index (χ4v) is 7.65. The van der Waals surface area contributed by atoms with Crippen LogP contribution in [-0.2, 0) is 39.1 Å². The van der Waals surface area contributed by atoms with Gasteiger partial charge < -0.3 is 24.0 Å². The number of nitrogens with zero attached hydrogens (tertiary/aromatic N) is 5. The normalized spacial score (nSPS) is 18.1. The molecule has 9 rings (SSSR count). The molecule has 264 valence electrons. The number of carbonyl (C=O) groups excluding carboxylic acids is 2. The molecule has 5 aromatic rings. The Kier molecular flexibility index (Phi) is 8.22.